The van der Waals surface area contributed by atoms with Gasteiger partial charge in [0.05, 0.1) is 0 Å². The molecule has 1 atom stereocenters. The molecule has 1 rings (SSSR count). The second-order valence-corrected chi connectivity index (χ2v) is 7.49. The van der Waals surface area contributed by atoms with Gasteiger partial charge in [-0.1, -0.05) is 13.8 Å². The zero-order valence-electron chi connectivity index (χ0n) is 9.23. The van der Waals surface area contributed by atoms with Crippen LogP contribution in [0.5, 0.6) is 0 Å². The Kier molecular flexibility index (Phi) is 3.53. The minimum atomic E-state index is -2.97. The molecule has 0 aromatic rings. The van der Waals surface area contributed by atoms with Gasteiger partial charge in [0, 0.05) is 23.1 Å². The third-order valence-electron chi connectivity index (χ3n) is 1.84. The smallest absolute Gasteiger partial charge is 0.309 e. The molecule has 14 heavy (non-hydrogen) atoms. The van der Waals surface area contributed by atoms with Crippen LogP contribution in [0.15, 0.2) is 10.7 Å². The minimum Gasteiger partial charge on any atom is -0.309 e. The SMILES string of the molecule is COP1(=O)C=C(SC(C)C)C(C)(C)O1. The van der Waals surface area contributed by atoms with Gasteiger partial charge in [0.1, 0.15) is 5.60 Å². The molecule has 0 N–H and O–H groups in total. The topological polar surface area (TPSA) is 35.5 Å². The Morgan fingerprint density at radius 1 is 1.57 bits per heavy atom. The van der Waals surface area contributed by atoms with E-state index >= 15 is 0 Å². The summed E-state index contributed by atoms with van der Waals surface area (Å²) < 4.78 is 22.2. The molecule has 0 bridgehead atoms. The zero-order valence-corrected chi connectivity index (χ0v) is 10.9. The summed E-state index contributed by atoms with van der Waals surface area (Å²) in [6.07, 6.45) is 0. The van der Waals surface area contributed by atoms with E-state index in [4.69, 9.17) is 9.05 Å². The Hall–Kier alpha value is 0.240. The van der Waals surface area contributed by atoms with Gasteiger partial charge in [-0.05, 0) is 13.8 Å². The molecule has 3 nitrogen and oxygen atoms in total. The number of hydrogen-bond acceptors (Lipinski definition) is 4. The molecule has 1 aliphatic heterocycles. The summed E-state index contributed by atoms with van der Waals surface area (Å²) in [5, 5.41) is 0.451. The van der Waals surface area contributed by atoms with Gasteiger partial charge in [-0.2, -0.15) is 0 Å². The first-order valence-corrected chi connectivity index (χ1v) is 7.04. The van der Waals surface area contributed by atoms with E-state index in [-0.39, 0.29) is 0 Å². The van der Waals surface area contributed by atoms with Crippen LogP contribution in [-0.2, 0) is 13.6 Å². The molecular formula is C9H17O3PS. The van der Waals surface area contributed by atoms with Gasteiger partial charge < -0.3 is 4.52 Å². The fraction of sp³-hybridized carbons (Fsp3) is 0.778. The van der Waals surface area contributed by atoms with Crippen LogP contribution in [0.3, 0.4) is 0 Å². The summed E-state index contributed by atoms with van der Waals surface area (Å²) in [6.45, 7) is 8.01. The lowest BCUT2D eigenvalue weighted by molar-refractivity contribution is 0.142. The maximum Gasteiger partial charge on any atom is 0.355 e. The van der Waals surface area contributed by atoms with Crippen molar-refractivity contribution >= 4 is 19.4 Å². The van der Waals surface area contributed by atoms with Gasteiger partial charge in [-0.25, -0.2) is 0 Å². The standard InChI is InChI=1S/C9H17O3PS/c1-7(2)14-8-6-13(10,11-5)12-9(8,3)4/h6-7H,1-5H3. The predicted octanol–water partition coefficient (Wildman–Crippen LogP) is 3.62. The van der Waals surface area contributed by atoms with Crippen molar-refractivity contribution in [2.45, 2.75) is 38.5 Å². The Balaban J connectivity index is 2.91. The van der Waals surface area contributed by atoms with E-state index in [9.17, 15) is 4.57 Å². The average molecular weight is 236 g/mol. The quantitative estimate of drug-likeness (QED) is 0.701. The Morgan fingerprint density at radius 2 is 2.14 bits per heavy atom. The monoisotopic (exact) mass is 236 g/mol. The molecule has 0 radical (unpaired) electrons. The molecule has 0 aliphatic carbocycles. The predicted molar refractivity (Wildman–Crippen MR) is 60.6 cm³/mol. The van der Waals surface area contributed by atoms with Crippen molar-refractivity contribution in [3.63, 3.8) is 0 Å². The van der Waals surface area contributed by atoms with Crippen LogP contribution in [-0.4, -0.2) is 18.0 Å². The zero-order chi connectivity index (χ0) is 11.0. The summed E-state index contributed by atoms with van der Waals surface area (Å²) in [7, 11) is -1.55. The number of hydrogen-bond donors (Lipinski definition) is 0. The number of thioether (sulfide) groups is 1. The second kappa shape index (κ2) is 4.01. The van der Waals surface area contributed by atoms with E-state index in [0.717, 1.165) is 4.91 Å². The molecule has 82 valence electrons. The minimum absolute atomic E-state index is 0.451. The summed E-state index contributed by atoms with van der Waals surface area (Å²) >= 11 is 1.67. The van der Waals surface area contributed by atoms with Crippen LogP contribution < -0.4 is 0 Å². The molecule has 0 fully saturated rings. The van der Waals surface area contributed by atoms with Crippen molar-refractivity contribution in [3.05, 3.63) is 10.7 Å². The maximum atomic E-state index is 11.9. The first kappa shape index (κ1) is 12.3. The fourth-order valence-corrected chi connectivity index (χ4v) is 4.30. The lowest BCUT2D eigenvalue weighted by Gasteiger charge is -2.22. The first-order valence-electron chi connectivity index (χ1n) is 4.55. The van der Waals surface area contributed by atoms with Crippen molar-refractivity contribution in [2.24, 2.45) is 0 Å². The highest BCUT2D eigenvalue weighted by molar-refractivity contribution is 8.04. The van der Waals surface area contributed by atoms with E-state index < -0.39 is 13.2 Å². The van der Waals surface area contributed by atoms with Crippen molar-refractivity contribution in [2.75, 3.05) is 7.11 Å². The maximum absolute atomic E-state index is 11.9. The highest BCUT2D eigenvalue weighted by Gasteiger charge is 2.42. The molecule has 0 amide bonds. The molecular weight excluding hydrogens is 219 g/mol. The largest absolute Gasteiger partial charge is 0.355 e. The van der Waals surface area contributed by atoms with Gasteiger partial charge in [0.25, 0.3) is 0 Å². The molecule has 1 unspecified atom stereocenters. The van der Waals surface area contributed by atoms with Crippen molar-refractivity contribution in [1.29, 1.82) is 0 Å². The van der Waals surface area contributed by atoms with Crippen LogP contribution in [0.2, 0.25) is 0 Å². The number of rotatable bonds is 3. The Labute approximate surface area is 89.8 Å². The van der Waals surface area contributed by atoms with Crippen LogP contribution in [0.4, 0.5) is 0 Å². The molecule has 0 saturated carbocycles. The van der Waals surface area contributed by atoms with Crippen molar-refractivity contribution in [3.8, 4) is 0 Å². The summed E-state index contributed by atoms with van der Waals surface area (Å²) in [6, 6.07) is 0. The Bertz CT molecular complexity index is 296. The van der Waals surface area contributed by atoms with E-state index in [2.05, 4.69) is 13.8 Å². The molecule has 1 heterocycles. The van der Waals surface area contributed by atoms with E-state index in [1.807, 2.05) is 13.8 Å². The molecule has 0 aromatic carbocycles. The third kappa shape index (κ3) is 2.63. The van der Waals surface area contributed by atoms with Crippen LogP contribution >= 0.6 is 19.4 Å². The van der Waals surface area contributed by atoms with Crippen molar-refractivity contribution < 1.29 is 13.6 Å². The fourth-order valence-electron chi connectivity index (χ4n) is 1.20. The molecule has 5 heteroatoms. The van der Waals surface area contributed by atoms with Crippen LogP contribution in [0, 0.1) is 0 Å². The summed E-state index contributed by atoms with van der Waals surface area (Å²) in [5.41, 5.74) is -0.486. The summed E-state index contributed by atoms with van der Waals surface area (Å²) in [5.74, 6) is 1.64. The van der Waals surface area contributed by atoms with Gasteiger partial charge in [-0.15, -0.1) is 11.8 Å². The summed E-state index contributed by atoms with van der Waals surface area (Å²) in [4.78, 5) is 0.998. The van der Waals surface area contributed by atoms with Gasteiger partial charge in [-0.3, -0.25) is 9.09 Å². The van der Waals surface area contributed by atoms with Gasteiger partial charge in [0.15, 0.2) is 0 Å². The third-order valence-corrected chi connectivity index (χ3v) is 5.15. The second-order valence-electron chi connectivity index (χ2n) is 3.98. The molecule has 1 aliphatic rings. The Morgan fingerprint density at radius 3 is 2.50 bits per heavy atom. The van der Waals surface area contributed by atoms with Gasteiger partial charge >= 0.3 is 7.60 Å². The van der Waals surface area contributed by atoms with E-state index in [1.165, 1.54) is 7.11 Å². The highest BCUT2D eigenvalue weighted by Crippen LogP contribution is 2.62. The lowest BCUT2D eigenvalue weighted by Crippen LogP contribution is -2.20. The molecule has 0 saturated heterocycles. The molecule has 0 spiro atoms. The lowest BCUT2D eigenvalue weighted by atomic mass is 10.1. The first-order chi connectivity index (χ1) is 6.29. The highest BCUT2D eigenvalue weighted by atomic mass is 32.2. The van der Waals surface area contributed by atoms with E-state index in [1.54, 1.807) is 17.6 Å². The van der Waals surface area contributed by atoms with Gasteiger partial charge in [0.2, 0.25) is 0 Å². The van der Waals surface area contributed by atoms with Crippen molar-refractivity contribution in [1.82, 2.24) is 0 Å². The van der Waals surface area contributed by atoms with E-state index in [0.29, 0.717) is 5.25 Å². The van der Waals surface area contributed by atoms with Crippen LogP contribution in [0.25, 0.3) is 0 Å². The normalized spacial score (nSPS) is 30.9. The average Bonchev–Trinajstić information content (AvgIpc) is 2.22. The van der Waals surface area contributed by atoms with Crippen LogP contribution in [0.1, 0.15) is 27.7 Å². The molecule has 0 aromatic heterocycles.